The number of rotatable bonds is 8. The van der Waals surface area contributed by atoms with Crippen LogP contribution in [0.4, 0.5) is 8.78 Å². The molecular weight excluding hydrogens is 322 g/mol. The Morgan fingerprint density at radius 3 is 2.42 bits per heavy atom. The van der Waals surface area contributed by atoms with Crippen LogP contribution in [-0.4, -0.2) is 35.5 Å². The quantitative estimate of drug-likeness (QED) is 0.662. The van der Waals surface area contributed by atoms with Gasteiger partial charge in [0.2, 0.25) is 11.8 Å². The summed E-state index contributed by atoms with van der Waals surface area (Å²) in [5.41, 5.74) is -0.129. The predicted octanol–water partition coefficient (Wildman–Crippen LogP) is 1.24. The first kappa shape index (κ1) is 19.5. The molecule has 1 aromatic rings. The zero-order valence-electron chi connectivity index (χ0n) is 13.4. The largest absolute Gasteiger partial charge is 0.480 e. The highest BCUT2D eigenvalue weighted by molar-refractivity contribution is 5.88. The number of hydrogen-bond acceptors (Lipinski definition) is 3. The van der Waals surface area contributed by atoms with Gasteiger partial charge in [0.05, 0.1) is 13.0 Å². The standard InChI is InChI=1S/C16H20F2N2O4/c1-9(2)5-13(16(23)24)20-15(22)8-19-14(21)7-10-6-11(17)3-4-12(10)18/h3-4,6,9,13H,5,7-8H2,1-2H3,(H,19,21)(H,20,22)(H,23,24)/t13-/m0/s1. The molecule has 8 heteroatoms. The molecule has 24 heavy (non-hydrogen) atoms. The first-order chi connectivity index (χ1) is 11.2. The molecule has 132 valence electrons. The summed E-state index contributed by atoms with van der Waals surface area (Å²) >= 11 is 0. The molecule has 0 saturated carbocycles. The van der Waals surface area contributed by atoms with Crippen molar-refractivity contribution in [3.05, 3.63) is 35.4 Å². The van der Waals surface area contributed by atoms with Crippen molar-refractivity contribution in [1.29, 1.82) is 0 Å². The van der Waals surface area contributed by atoms with Crippen LogP contribution in [0.25, 0.3) is 0 Å². The van der Waals surface area contributed by atoms with E-state index in [4.69, 9.17) is 5.11 Å². The number of carboxylic acids is 1. The van der Waals surface area contributed by atoms with E-state index in [0.29, 0.717) is 0 Å². The number of aliphatic carboxylic acids is 1. The Labute approximate surface area is 138 Å². The fourth-order valence-corrected chi connectivity index (χ4v) is 2.03. The molecule has 0 heterocycles. The van der Waals surface area contributed by atoms with Crippen LogP contribution in [-0.2, 0) is 20.8 Å². The minimum atomic E-state index is -1.16. The zero-order chi connectivity index (χ0) is 18.3. The lowest BCUT2D eigenvalue weighted by Crippen LogP contribution is -2.46. The van der Waals surface area contributed by atoms with Crippen LogP contribution in [0, 0.1) is 17.6 Å². The van der Waals surface area contributed by atoms with Crippen LogP contribution in [0.1, 0.15) is 25.8 Å². The Bertz CT molecular complexity index is 620. The van der Waals surface area contributed by atoms with Gasteiger partial charge in [0.1, 0.15) is 17.7 Å². The second-order valence-corrected chi connectivity index (χ2v) is 5.78. The number of amides is 2. The maximum absolute atomic E-state index is 13.4. The third-order valence-electron chi connectivity index (χ3n) is 3.15. The molecule has 3 N–H and O–H groups in total. The molecule has 0 spiro atoms. The molecule has 0 radical (unpaired) electrons. The first-order valence-corrected chi connectivity index (χ1v) is 7.41. The summed E-state index contributed by atoms with van der Waals surface area (Å²) in [5, 5.41) is 13.6. The molecule has 1 aromatic carbocycles. The van der Waals surface area contributed by atoms with Gasteiger partial charge in [-0.2, -0.15) is 0 Å². The van der Waals surface area contributed by atoms with Gasteiger partial charge < -0.3 is 15.7 Å². The van der Waals surface area contributed by atoms with Gasteiger partial charge >= 0.3 is 5.97 Å². The SMILES string of the molecule is CC(C)C[C@H](NC(=O)CNC(=O)Cc1cc(F)ccc1F)C(=O)O. The highest BCUT2D eigenvalue weighted by Crippen LogP contribution is 2.10. The van der Waals surface area contributed by atoms with Gasteiger partial charge in [0, 0.05) is 5.56 Å². The molecule has 0 aliphatic heterocycles. The van der Waals surface area contributed by atoms with Crippen molar-refractivity contribution in [1.82, 2.24) is 10.6 Å². The lowest BCUT2D eigenvalue weighted by Gasteiger charge is -2.16. The summed E-state index contributed by atoms with van der Waals surface area (Å²) in [5.74, 6) is -3.84. The van der Waals surface area contributed by atoms with E-state index in [0.717, 1.165) is 18.2 Å². The molecule has 0 aliphatic rings. The lowest BCUT2D eigenvalue weighted by molar-refractivity contribution is -0.142. The predicted molar refractivity (Wildman–Crippen MR) is 82.1 cm³/mol. The topological polar surface area (TPSA) is 95.5 Å². The molecule has 2 amide bonds. The summed E-state index contributed by atoms with van der Waals surface area (Å²) in [4.78, 5) is 34.4. The molecule has 0 aliphatic carbocycles. The molecule has 1 atom stereocenters. The van der Waals surface area contributed by atoms with Crippen LogP contribution in [0.15, 0.2) is 18.2 Å². The Hall–Kier alpha value is -2.51. The second kappa shape index (κ2) is 8.95. The molecule has 6 nitrogen and oxygen atoms in total. The summed E-state index contributed by atoms with van der Waals surface area (Å²) in [6.07, 6.45) is -0.172. The van der Waals surface area contributed by atoms with Crippen LogP contribution < -0.4 is 10.6 Å². The maximum atomic E-state index is 13.4. The van der Waals surface area contributed by atoms with Crippen molar-refractivity contribution in [2.75, 3.05) is 6.54 Å². The van der Waals surface area contributed by atoms with Gasteiger partial charge in [-0.05, 0) is 30.5 Å². The van der Waals surface area contributed by atoms with E-state index in [9.17, 15) is 23.2 Å². The molecular formula is C16H20F2N2O4. The average Bonchev–Trinajstić information content (AvgIpc) is 2.47. The Morgan fingerprint density at radius 2 is 1.83 bits per heavy atom. The van der Waals surface area contributed by atoms with Crippen LogP contribution >= 0.6 is 0 Å². The number of nitrogens with one attached hydrogen (secondary N) is 2. The van der Waals surface area contributed by atoms with E-state index in [-0.39, 0.29) is 17.9 Å². The van der Waals surface area contributed by atoms with Gasteiger partial charge in [-0.25, -0.2) is 13.6 Å². The summed E-state index contributed by atoms with van der Waals surface area (Å²) in [6.45, 7) is 3.19. The minimum absolute atomic E-state index is 0.0666. The van der Waals surface area contributed by atoms with Crippen molar-refractivity contribution < 1.29 is 28.3 Å². The fourth-order valence-electron chi connectivity index (χ4n) is 2.03. The fraction of sp³-hybridized carbons (Fsp3) is 0.438. The van der Waals surface area contributed by atoms with E-state index in [1.54, 1.807) is 0 Å². The molecule has 0 unspecified atom stereocenters. The van der Waals surface area contributed by atoms with Gasteiger partial charge in [0.25, 0.3) is 0 Å². The Kier molecular flexibility index (Phi) is 7.29. The van der Waals surface area contributed by atoms with E-state index in [1.807, 2.05) is 13.8 Å². The smallest absolute Gasteiger partial charge is 0.326 e. The highest BCUT2D eigenvalue weighted by Gasteiger charge is 2.21. The first-order valence-electron chi connectivity index (χ1n) is 7.41. The van der Waals surface area contributed by atoms with E-state index in [1.165, 1.54) is 0 Å². The second-order valence-electron chi connectivity index (χ2n) is 5.78. The molecule has 1 rings (SSSR count). The molecule has 0 bridgehead atoms. The van der Waals surface area contributed by atoms with Gasteiger partial charge in [-0.1, -0.05) is 13.8 Å². The van der Waals surface area contributed by atoms with Crippen LogP contribution in [0.2, 0.25) is 0 Å². The van der Waals surface area contributed by atoms with Crippen molar-refractivity contribution in [2.24, 2.45) is 5.92 Å². The number of carboxylic acid groups (broad SMARTS) is 1. The lowest BCUT2D eigenvalue weighted by atomic mass is 10.0. The number of hydrogen-bond donors (Lipinski definition) is 3. The van der Waals surface area contributed by atoms with Gasteiger partial charge in [-0.15, -0.1) is 0 Å². The number of benzene rings is 1. The van der Waals surface area contributed by atoms with E-state index < -0.39 is 48.4 Å². The molecule has 0 saturated heterocycles. The van der Waals surface area contributed by atoms with Crippen molar-refractivity contribution in [3.63, 3.8) is 0 Å². The number of carbonyl (C=O) groups excluding carboxylic acids is 2. The maximum Gasteiger partial charge on any atom is 0.326 e. The minimum Gasteiger partial charge on any atom is -0.480 e. The van der Waals surface area contributed by atoms with Gasteiger partial charge in [0.15, 0.2) is 0 Å². The normalized spacial score (nSPS) is 11.9. The van der Waals surface area contributed by atoms with E-state index in [2.05, 4.69) is 10.6 Å². The zero-order valence-corrected chi connectivity index (χ0v) is 13.4. The van der Waals surface area contributed by atoms with Gasteiger partial charge in [-0.3, -0.25) is 9.59 Å². The monoisotopic (exact) mass is 342 g/mol. The number of carbonyl (C=O) groups is 3. The summed E-state index contributed by atoms with van der Waals surface area (Å²) < 4.78 is 26.4. The average molecular weight is 342 g/mol. The highest BCUT2D eigenvalue weighted by atomic mass is 19.1. The van der Waals surface area contributed by atoms with Crippen molar-refractivity contribution in [3.8, 4) is 0 Å². The number of halogens is 2. The Balaban J connectivity index is 2.49. The molecule has 0 fully saturated rings. The Morgan fingerprint density at radius 1 is 1.17 bits per heavy atom. The summed E-state index contributed by atoms with van der Waals surface area (Å²) in [7, 11) is 0. The van der Waals surface area contributed by atoms with Crippen molar-refractivity contribution >= 4 is 17.8 Å². The summed E-state index contributed by atoms with van der Waals surface area (Å²) in [6, 6.07) is 1.70. The third-order valence-corrected chi connectivity index (χ3v) is 3.15. The third kappa shape index (κ3) is 6.72. The molecule has 0 aromatic heterocycles. The van der Waals surface area contributed by atoms with Crippen LogP contribution in [0.3, 0.4) is 0 Å². The van der Waals surface area contributed by atoms with Crippen LogP contribution in [0.5, 0.6) is 0 Å². The van der Waals surface area contributed by atoms with Crippen molar-refractivity contribution in [2.45, 2.75) is 32.7 Å². The van der Waals surface area contributed by atoms with E-state index >= 15 is 0 Å².